The second kappa shape index (κ2) is 5.03. The first-order chi connectivity index (χ1) is 7.79. The van der Waals surface area contributed by atoms with Gasteiger partial charge in [-0.25, -0.2) is 15.0 Å². The SMILES string of the molecule is CCc1cnc([C@H](C)Nc2ncccn2)s1. The molecule has 0 amide bonds. The minimum atomic E-state index is 0.146. The molecule has 0 aromatic carbocycles. The lowest BCUT2D eigenvalue weighted by molar-refractivity contribution is 0.848. The summed E-state index contributed by atoms with van der Waals surface area (Å²) in [5.74, 6) is 0.642. The van der Waals surface area contributed by atoms with Crippen LogP contribution in [0.3, 0.4) is 0 Å². The first-order valence-electron chi connectivity index (χ1n) is 5.27. The molecule has 0 unspecified atom stereocenters. The first kappa shape index (κ1) is 11.0. The molecule has 0 bridgehead atoms. The summed E-state index contributed by atoms with van der Waals surface area (Å²) in [7, 11) is 0. The Morgan fingerprint density at radius 2 is 2.06 bits per heavy atom. The van der Waals surface area contributed by atoms with Crippen LogP contribution in [-0.4, -0.2) is 15.0 Å². The fourth-order valence-corrected chi connectivity index (χ4v) is 2.17. The van der Waals surface area contributed by atoms with Crippen LogP contribution < -0.4 is 5.32 Å². The molecule has 0 aliphatic carbocycles. The van der Waals surface area contributed by atoms with Gasteiger partial charge in [-0.3, -0.25) is 0 Å². The van der Waals surface area contributed by atoms with E-state index in [0.717, 1.165) is 11.4 Å². The Kier molecular flexibility index (Phi) is 3.46. The standard InChI is InChI=1S/C11H14N4S/c1-3-9-7-14-10(16-9)8(2)15-11-12-5-4-6-13-11/h4-8H,3H2,1-2H3,(H,12,13,15)/t8-/m0/s1. The van der Waals surface area contributed by atoms with E-state index in [2.05, 4.69) is 34.1 Å². The molecule has 5 heteroatoms. The molecule has 0 spiro atoms. The van der Waals surface area contributed by atoms with Gasteiger partial charge < -0.3 is 5.32 Å². The maximum Gasteiger partial charge on any atom is 0.223 e. The van der Waals surface area contributed by atoms with E-state index in [1.54, 1.807) is 29.8 Å². The summed E-state index contributed by atoms with van der Waals surface area (Å²) in [5.41, 5.74) is 0. The van der Waals surface area contributed by atoms with Gasteiger partial charge in [-0.1, -0.05) is 6.92 Å². The van der Waals surface area contributed by atoms with Crippen LogP contribution in [0.1, 0.15) is 29.8 Å². The maximum atomic E-state index is 4.38. The van der Waals surface area contributed by atoms with Crippen molar-refractivity contribution in [2.75, 3.05) is 5.32 Å². The zero-order valence-corrected chi connectivity index (χ0v) is 10.2. The van der Waals surface area contributed by atoms with E-state index in [-0.39, 0.29) is 6.04 Å². The second-order valence-electron chi connectivity index (χ2n) is 3.46. The molecule has 0 fully saturated rings. The summed E-state index contributed by atoms with van der Waals surface area (Å²) in [6, 6.07) is 1.95. The van der Waals surface area contributed by atoms with E-state index in [4.69, 9.17) is 0 Å². The van der Waals surface area contributed by atoms with E-state index in [0.29, 0.717) is 5.95 Å². The van der Waals surface area contributed by atoms with Crippen LogP contribution in [0.2, 0.25) is 0 Å². The third-order valence-electron chi connectivity index (χ3n) is 2.20. The number of aromatic nitrogens is 3. The summed E-state index contributed by atoms with van der Waals surface area (Å²) < 4.78 is 0. The molecule has 2 heterocycles. The van der Waals surface area contributed by atoms with E-state index in [1.165, 1.54) is 4.88 Å². The molecule has 0 aliphatic rings. The van der Waals surface area contributed by atoms with Crippen LogP contribution >= 0.6 is 11.3 Å². The minimum absolute atomic E-state index is 0.146. The lowest BCUT2D eigenvalue weighted by atomic mass is 10.3. The van der Waals surface area contributed by atoms with Crippen LogP contribution in [0, 0.1) is 0 Å². The Morgan fingerprint density at radius 3 is 2.69 bits per heavy atom. The van der Waals surface area contributed by atoms with Gasteiger partial charge in [0.25, 0.3) is 0 Å². The summed E-state index contributed by atoms with van der Waals surface area (Å²) in [4.78, 5) is 13.9. The average molecular weight is 234 g/mol. The molecule has 0 saturated carbocycles. The molecule has 2 aromatic heterocycles. The van der Waals surface area contributed by atoms with E-state index >= 15 is 0 Å². The monoisotopic (exact) mass is 234 g/mol. The smallest absolute Gasteiger partial charge is 0.223 e. The number of aryl methyl sites for hydroxylation is 1. The second-order valence-corrected chi connectivity index (χ2v) is 4.60. The molecule has 2 aromatic rings. The third kappa shape index (κ3) is 2.55. The Bertz CT molecular complexity index is 440. The molecule has 16 heavy (non-hydrogen) atoms. The van der Waals surface area contributed by atoms with E-state index in [9.17, 15) is 0 Å². The fourth-order valence-electron chi connectivity index (χ4n) is 1.32. The highest BCUT2D eigenvalue weighted by Crippen LogP contribution is 2.22. The van der Waals surface area contributed by atoms with Gasteiger partial charge in [0.1, 0.15) is 5.01 Å². The van der Waals surface area contributed by atoms with Crippen molar-refractivity contribution in [1.29, 1.82) is 0 Å². The van der Waals surface area contributed by atoms with Crippen LogP contribution in [0.4, 0.5) is 5.95 Å². The first-order valence-corrected chi connectivity index (χ1v) is 6.09. The van der Waals surface area contributed by atoms with Gasteiger partial charge in [0.2, 0.25) is 5.95 Å². The van der Waals surface area contributed by atoms with Gasteiger partial charge in [-0.15, -0.1) is 11.3 Å². The van der Waals surface area contributed by atoms with Crippen molar-refractivity contribution in [3.63, 3.8) is 0 Å². The van der Waals surface area contributed by atoms with Crippen molar-refractivity contribution in [3.8, 4) is 0 Å². The predicted octanol–water partition coefficient (Wildman–Crippen LogP) is 2.67. The van der Waals surface area contributed by atoms with E-state index in [1.807, 2.05) is 6.20 Å². The minimum Gasteiger partial charge on any atom is -0.345 e. The number of hydrogen-bond donors (Lipinski definition) is 1. The predicted molar refractivity (Wildman–Crippen MR) is 65.6 cm³/mol. The summed E-state index contributed by atoms with van der Waals surface area (Å²) in [6.45, 7) is 4.20. The lowest BCUT2D eigenvalue weighted by Gasteiger charge is -2.09. The van der Waals surface area contributed by atoms with Crippen molar-refractivity contribution in [2.45, 2.75) is 26.3 Å². The van der Waals surface area contributed by atoms with Crippen LogP contribution in [-0.2, 0) is 6.42 Å². The number of hydrogen-bond acceptors (Lipinski definition) is 5. The molecule has 84 valence electrons. The fraction of sp³-hybridized carbons (Fsp3) is 0.364. The van der Waals surface area contributed by atoms with Crippen molar-refractivity contribution in [2.24, 2.45) is 0 Å². The van der Waals surface area contributed by atoms with Gasteiger partial charge >= 0.3 is 0 Å². The zero-order chi connectivity index (χ0) is 11.4. The average Bonchev–Trinajstić information content (AvgIpc) is 2.79. The van der Waals surface area contributed by atoms with Crippen LogP contribution in [0.15, 0.2) is 24.7 Å². The third-order valence-corrected chi connectivity index (χ3v) is 3.53. The summed E-state index contributed by atoms with van der Waals surface area (Å²) >= 11 is 1.73. The molecule has 0 radical (unpaired) electrons. The molecule has 2 rings (SSSR count). The van der Waals surface area contributed by atoms with Gasteiger partial charge in [0.05, 0.1) is 6.04 Å². The van der Waals surface area contributed by atoms with Gasteiger partial charge in [0, 0.05) is 23.5 Å². The Balaban J connectivity index is 2.05. The number of thiazole rings is 1. The lowest BCUT2D eigenvalue weighted by Crippen LogP contribution is -2.08. The number of nitrogens with one attached hydrogen (secondary N) is 1. The Labute approximate surface area is 98.8 Å². The van der Waals surface area contributed by atoms with E-state index < -0.39 is 0 Å². The molecule has 1 atom stereocenters. The van der Waals surface area contributed by atoms with Gasteiger partial charge in [-0.2, -0.15) is 0 Å². The van der Waals surface area contributed by atoms with Crippen molar-refractivity contribution >= 4 is 17.3 Å². The highest BCUT2D eigenvalue weighted by molar-refractivity contribution is 7.11. The quantitative estimate of drug-likeness (QED) is 0.883. The van der Waals surface area contributed by atoms with Crippen LogP contribution in [0.25, 0.3) is 0 Å². The molecule has 0 aliphatic heterocycles. The maximum absolute atomic E-state index is 4.38. The topological polar surface area (TPSA) is 50.7 Å². The number of rotatable bonds is 4. The molecule has 1 N–H and O–H groups in total. The summed E-state index contributed by atoms with van der Waals surface area (Å²) in [5, 5.41) is 4.29. The van der Waals surface area contributed by atoms with Crippen molar-refractivity contribution in [3.05, 3.63) is 34.5 Å². The van der Waals surface area contributed by atoms with Crippen molar-refractivity contribution in [1.82, 2.24) is 15.0 Å². The van der Waals surface area contributed by atoms with Crippen molar-refractivity contribution < 1.29 is 0 Å². The van der Waals surface area contributed by atoms with Gasteiger partial charge in [-0.05, 0) is 19.4 Å². The highest BCUT2D eigenvalue weighted by Gasteiger charge is 2.10. The molecule has 4 nitrogen and oxygen atoms in total. The normalized spacial score (nSPS) is 12.4. The largest absolute Gasteiger partial charge is 0.345 e. The molecular formula is C11H14N4S. The van der Waals surface area contributed by atoms with Gasteiger partial charge in [0.15, 0.2) is 0 Å². The highest BCUT2D eigenvalue weighted by atomic mass is 32.1. The van der Waals surface area contributed by atoms with Crippen LogP contribution in [0.5, 0.6) is 0 Å². The Hall–Kier alpha value is -1.49. The number of nitrogens with zero attached hydrogens (tertiary/aromatic N) is 3. The summed E-state index contributed by atoms with van der Waals surface area (Å²) in [6.07, 6.45) is 6.42. The molecular weight excluding hydrogens is 220 g/mol. The Morgan fingerprint density at radius 1 is 1.31 bits per heavy atom. The molecule has 0 saturated heterocycles. The number of anilines is 1. The zero-order valence-electron chi connectivity index (χ0n) is 9.34.